The summed E-state index contributed by atoms with van der Waals surface area (Å²) in [7, 11) is 0. The molecule has 0 amide bonds. The number of rotatable bonds is 2. The number of allylic oxidation sites excluding steroid dienone is 12. The standard InChI is InChI=1S/C54H36N6O4S2/c1-57-39(27-55)45-31-13-5-7-15-33(31)47(61)37(45)25-43-59-51-49(65-43)35-21-29-24-42-36(22-30(29)23-41(35)63-53(51)17-9-3-10-18-53)50-52(54(64-42)19-11-4-12-20-54)60-44(66-50)26-38-46(40(28-56)58-2)32-14-6-8-16-34(32)48(38)62/h5-8,13-16,21-26,29-30H,3-4,9-12,17-20H2/b37-25-,38-26-,45-39+,46-40?. The fourth-order valence-corrected chi connectivity index (χ4v) is 13.6. The van der Waals surface area contributed by atoms with Crippen molar-refractivity contribution in [2.75, 3.05) is 0 Å². The largest absolute Gasteiger partial charge is 0.481 e. The Hall–Kier alpha value is -7.48. The fourth-order valence-electron chi connectivity index (χ4n) is 11.3. The molecule has 2 unspecified atom stereocenters. The predicted octanol–water partition coefficient (Wildman–Crippen LogP) is 12.3. The number of hydrogen-bond donors (Lipinski definition) is 0. The number of benzene rings is 2. The number of carbonyl (C=O) groups is 2. The molecule has 0 radical (unpaired) electrons. The minimum atomic E-state index is -0.632. The van der Waals surface area contributed by atoms with Crippen LogP contribution in [-0.2, 0) is 20.7 Å². The molecule has 8 aliphatic rings. The Morgan fingerprint density at radius 2 is 1.02 bits per heavy atom. The highest BCUT2D eigenvalue weighted by Gasteiger charge is 2.50. The van der Waals surface area contributed by atoms with Gasteiger partial charge in [-0.05, 0) is 86.8 Å². The zero-order valence-corrected chi connectivity index (χ0v) is 37.1. The van der Waals surface area contributed by atoms with Gasteiger partial charge in [0.05, 0.1) is 35.0 Å². The number of Topliss-reactive ketones (excluding diaryl/α,β-unsaturated/α-hetero) is 2. The summed E-state index contributed by atoms with van der Waals surface area (Å²) in [6.07, 6.45) is 22.0. The van der Waals surface area contributed by atoms with Gasteiger partial charge in [-0.2, -0.15) is 0 Å². The second-order valence-electron chi connectivity index (χ2n) is 17.9. The number of nitriles is 2. The Morgan fingerprint density at radius 3 is 1.39 bits per heavy atom. The third-order valence-corrected chi connectivity index (χ3v) is 16.4. The molecule has 318 valence electrons. The highest BCUT2D eigenvalue weighted by atomic mass is 32.1. The summed E-state index contributed by atoms with van der Waals surface area (Å²) in [6.45, 7) is 15.5. The number of ketones is 2. The Morgan fingerprint density at radius 1 is 0.621 bits per heavy atom. The van der Waals surface area contributed by atoms with E-state index in [1.165, 1.54) is 22.7 Å². The zero-order chi connectivity index (χ0) is 44.9. The third-order valence-electron chi connectivity index (χ3n) is 14.3. The highest BCUT2D eigenvalue weighted by Crippen LogP contribution is 2.58. The molecular formula is C54H36N6O4S2. The van der Waals surface area contributed by atoms with Crippen LogP contribution in [0.15, 0.2) is 107 Å². The van der Waals surface area contributed by atoms with Gasteiger partial charge in [0, 0.05) is 56.4 Å². The normalized spacial score (nSPS) is 25.0. The first-order valence-corrected chi connectivity index (χ1v) is 24.0. The van der Waals surface area contributed by atoms with Crippen LogP contribution in [0.2, 0.25) is 0 Å². The van der Waals surface area contributed by atoms with E-state index in [9.17, 15) is 20.1 Å². The molecule has 66 heavy (non-hydrogen) atoms. The molecule has 2 aliphatic heterocycles. The van der Waals surface area contributed by atoms with Crippen LogP contribution >= 0.6 is 22.7 Å². The number of ether oxygens (including phenoxy) is 2. The van der Waals surface area contributed by atoms with Crippen LogP contribution in [0.5, 0.6) is 0 Å². The van der Waals surface area contributed by atoms with E-state index in [2.05, 4.69) is 34.0 Å². The van der Waals surface area contributed by atoms with Crippen LogP contribution in [0.25, 0.3) is 44.1 Å². The Kier molecular flexibility index (Phi) is 9.13. The maximum absolute atomic E-state index is 13.9. The third kappa shape index (κ3) is 5.85. The minimum absolute atomic E-state index is 0.0578. The van der Waals surface area contributed by atoms with Gasteiger partial charge < -0.3 is 9.47 Å². The number of aromatic nitrogens is 2. The van der Waals surface area contributed by atoms with Crippen LogP contribution in [0.3, 0.4) is 0 Å². The van der Waals surface area contributed by atoms with Gasteiger partial charge in [-0.25, -0.2) is 30.2 Å². The molecule has 4 heterocycles. The van der Waals surface area contributed by atoms with Crippen molar-refractivity contribution in [3.05, 3.63) is 183 Å². The molecule has 12 heteroatoms. The molecule has 0 N–H and O–H groups in total. The molecule has 6 aliphatic carbocycles. The van der Waals surface area contributed by atoms with Crippen molar-refractivity contribution >= 4 is 68.7 Å². The first-order chi connectivity index (χ1) is 32.3. The summed E-state index contributed by atoms with van der Waals surface area (Å²) >= 11 is 3.04. The fraction of sp³-hybridized carbons (Fsp3) is 0.259. The van der Waals surface area contributed by atoms with Gasteiger partial charge in [0.2, 0.25) is 0 Å². The van der Waals surface area contributed by atoms with Gasteiger partial charge in [0.15, 0.2) is 22.8 Å². The van der Waals surface area contributed by atoms with Crippen molar-refractivity contribution in [3.8, 4) is 12.1 Å². The first-order valence-electron chi connectivity index (χ1n) is 22.3. The molecule has 10 nitrogen and oxygen atoms in total. The molecule has 4 aromatic rings. The predicted molar refractivity (Wildman–Crippen MR) is 251 cm³/mol. The molecule has 2 atom stereocenters. The van der Waals surface area contributed by atoms with Crippen molar-refractivity contribution in [1.82, 2.24) is 9.97 Å². The van der Waals surface area contributed by atoms with Gasteiger partial charge in [-0.3, -0.25) is 9.59 Å². The topological polar surface area (TPSA) is 135 Å². The van der Waals surface area contributed by atoms with Gasteiger partial charge in [-0.1, -0.05) is 73.5 Å². The number of carbonyl (C=O) groups excluding carboxylic acids is 2. The molecule has 2 spiro atoms. The van der Waals surface area contributed by atoms with Gasteiger partial charge >= 0.3 is 0 Å². The lowest BCUT2D eigenvalue weighted by Gasteiger charge is -2.45. The SMILES string of the molecule is [C-]#[N+]C(C#N)=C1/C(=C/c2nc3c(s2)C2=CC4C=C5OC6(CCCCC6)c6nc(/C=C7\C(=O)c8ccccc8\C7=C(\C#N)[N+]#[C-])sc6C5=CC4C=C2OC32CCCCC2)C(=O)c2ccccc21. The van der Waals surface area contributed by atoms with Crippen LogP contribution in [0.4, 0.5) is 0 Å². The minimum Gasteiger partial charge on any atom is -0.481 e. The molecule has 0 saturated heterocycles. The zero-order valence-electron chi connectivity index (χ0n) is 35.4. The first kappa shape index (κ1) is 40.1. The average Bonchev–Trinajstić information content (AvgIpc) is 4.11. The molecule has 2 saturated carbocycles. The molecule has 2 aromatic carbocycles. The maximum atomic E-state index is 13.9. The number of nitrogens with zero attached hydrogens (tertiary/aromatic N) is 6. The Bertz CT molecular complexity index is 3120. The van der Waals surface area contributed by atoms with Gasteiger partial charge in [-0.15, -0.1) is 22.7 Å². The van der Waals surface area contributed by atoms with Crippen LogP contribution in [0.1, 0.15) is 127 Å². The van der Waals surface area contributed by atoms with E-state index < -0.39 is 11.2 Å². The quantitative estimate of drug-likeness (QED) is 0.110. The lowest BCUT2D eigenvalue weighted by Crippen LogP contribution is -2.38. The van der Waals surface area contributed by atoms with Crippen molar-refractivity contribution in [3.63, 3.8) is 0 Å². The number of hydrogen-bond acceptors (Lipinski definition) is 10. The molecule has 2 aromatic heterocycles. The summed E-state index contributed by atoms with van der Waals surface area (Å²) in [6, 6.07) is 18.3. The van der Waals surface area contributed by atoms with E-state index in [1.807, 2.05) is 24.3 Å². The summed E-state index contributed by atoms with van der Waals surface area (Å²) in [4.78, 5) is 47.4. The monoisotopic (exact) mass is 896 g/mol. The van der Waals surface area contributed by atoms with Crippen LogP contribution in [0, 0.1) is 47.6 Å². The summed E-state index contributed by atoms with van der Waals surface area (Å²) in [5.41, 5.74) is 5.61. The molecule has 0 bridgehead atoms. The van der Waals surface area contributed by atoms with Gasteiger partial charge in [0.1, 0.15) is 32.9 Å². The van der Waals surface area contributed by atoms with E-state index in [0.29, 0.717) is 54.6 Å². The molecule has 2 fully saturated rings. The average molecular weight is 897 g/mol. The molecular weight excluding hydrogens is 861 g/mol. The van der Waals surface area contributed by atoms with Crippen molar-refractivity contribution in [2.45, 2.75) is 75.4 Å². The van der Waals surface area contributed by atoms with E-state index in [-0.39, 0.29) is 34.8 Å². The highest BCUT2D eigenvalue weighted by molar-refractivity contribution is 7.14. The van der Waals surface area contributed by atoms with Crippen molar-refractivity contribution < 1.29 is 19.1 Å². The summed E-state index contributed by atoms with van der Waals surface area (Å²) < 4.78 is 14.4. The smallest absolute Gasteiger partial charge is 0.270 e. The van der Waals surface area contributed by atoms with E-state index >= 15 is 0 Å². The lowest BCUT2D eigenvalue weighted by atomic mass is 9.73. The van der Waals surface area contributed by atoms with E-state index in [0.717, 1.165) is 108 Å². The van der Waals surface area contributed by atoms with Crippen LogP contribution in [-0.4, -0.2) is 21.5 Å². The maximum Gasteiger partial charge on any atom is 0.270 e. The lowest BCUT2D eigenvalue weighted by molar-refractivity contribution is -0.0374. The van der Waals surface area contributed by atoms with E-state index in [4.69, 9.17) is 32.6 Å². The second-order valence-corrected chi connectivity index (χ2v) is 20.0. The van der Waals surface area contributed by atoms with Crippen molar-refractivity contribution in [2.24, 2.45) is 11.8 Å². The van der Waals surface area contributed by atoms with E-state index in [1.54, 1.807) is 48.6 Å². The van der Waals surface area contributed by atoms with Gasteiger partial charge in [0.25, 0.3) is 11.4 Å². The van der Waals surface area contributed by atoms with Crippen LogP contribution < -0.4 is 0 Å². The summed E-state index contributed by atoms with van der Waals surface area (Å²) in [5.74, 6) is 1.06. The molecule has 12 rings (SSSR count). The Balaban J connectivity index is 0.961. The second kappa shape index (κ2) is 15.0. The van der Waals surface area contributed by atoms with Crippen molar-refractivity contribution in [1.29, 1.82) is 10.5 Å². The number of fused-ring (bicyclic) bond motifs is 11. The Labute approximate surface area is 388 Å². The number of thiazole rings is 2. The summed E-state index contributed by atoms with van der Waals surface area (Å²) in [5, 5.41) is 21.2.